The zero-order chi connectivity index (χ0) is 13.0. The molecule has 0 aromatic rings. The van der Waals surface area contributed by atoms with Gasteiger partial charge in [-0.3, -0.25) is 5.32 Å². The number of rotatable bonds is 2. The number of hydrogen-bond donors (Lipinski definition) is 1. The molecule has 0 aromatic heterocycles. The average Bonchev–Trinajstić information content (AvgIpc) is 2.28. The van der Waals surface area contributed by atoms with Crippen LogP contribution in [0.3, 0.4) is 0 Å². The molecule has 0 aromatic carbocycles. The summed E-state index contributed by atoms with van der Waals surface area (Å²) in [5.74, 6) is 1.31. The molecule has 2 rings (SSSR count). The van der Waals surface area contributed by atoms with Crippen molar-refractivity contribution in [1.82, 2.24) is 5.32 Å². The molecule has 0 aliphatic heterocycles. The van der Waals surface area contributed by atoms with Crippen molar-refractivity contribution in [3.05, 3.63) is 23.9 Å². The molecule has 2 aliphatic carbocycles. The lowest BCUT2D eigenvalue weighted by Crippen LogP contribution is -2.33. The van der Waals surface area contributed by atoms with Crippen molar-refractivity contribution < 1.29 is 9.53 Å². The van der Waals surface area contributed by atoms with E-state index in [1.807, 2.05) is 12.2 Å². The maximum atomic E-state index is 11.8. The van der Waals surface area contributed by atoms with Crippen LogP contribution in [0.4, 0.5) is 4.79 Å². The van der Waals surface area contributed by atoms with E-state index in [-0.39, 0.29) is 12.2 Å². The Morgan fingerprint density at radius 1 is 1.22 bits per heavy atom. The summed E-state index contributed by atoms with van der Waals surface area (Å²) in [4.78, 5) is 11.8. The van der Waals surface area contributed by atoms with E-state index >= 15 is 0 Å². The molecule has 0 radical (unpaired) electrons. The summed E-state index contributed by atoms with van der Waals surface area (Å²) in [5.41, 5.74) is 0.864. The molecule has 3 nitrogen and oxygen atoms in total. The molecular weight excluding hydrogens is 226 g/mol. The Bertz CT molecular complexity index is 350. The molecule has 2 unspecified atom stereocenters. The Balaban J connectivity index is 1.80. The Labute approximate surface area is 109 Å². The van der Waals surface area contributed by atoms with Crippen LogP contribution < -0.4 is 5.32 Å². The summed E-state index contributed by atoms with van der Waals surface area (Å²) in [6, 6.07) is 0. The minimum Gasteiger partial charge on any atom is -0.446 e. The minimum atomic E-state index is -0.306. The third-order valence-electron chi connectivity index (χ3n) is 3.65. The molecule has 0 heterocycles. The fraction of sp³-hybridized carbons (Fsp3) is 0.667. The highest BCUT2D eigenvalue weighted by molar-refractivity contribution is 5.70. The van der Waals surface area contributed by atoms with E-state index in [4.69, 9.17) is 4.74 Å². The topological polar surface area (TPSA) is 38.3 Å². The second-order valence-electron chi connectivity index (χ2n) is 5.71. The Morgan fingerprint density at radius 3 is 2.56 bits per heavy atom. The maximum absolute atomic E-state index is 11.8. The lowest BCUT2D eigenvalue weighted by molar-refractivity contribution is 0.0484. The Hall–Kier alpha value is -1.25. The van der Waals surface area contributed by atoms with Gasteiger partial charge in [-0.25, -0.2) is 4.79 Å². The quantitative estimate of drug-likeness (QED) is 0.809. The van der Waals surface area contributed by atoms with Crippen molar-refractivity contribution in [2.24, 2.45) is 11.8 Å². The van der Waals surface area contributed by atoms with Crippen LogP contribution in [0.1, 0.15) is 46.0 Å². The van der Waals surface area contributed by atoms with E-state index in [9.17, 15) is 4.79 Å². The van der Waals surface area contributed by atoms with Gasteiger partial charge in [-0.15, -0.1) is 0 Å². The predicted molar refractivity (Wildman–Crippen MR) is 72.0 cm³/mol. The number of allylic oxidation sites excluding steroid dienone is 3. The van der Waals surface area contributed by atoms with Gasteiger partial charge in [-0.1, -0.05) is 26.0 Å². The van der Waals surface area contributed by atoms with Crippen molar-refractivity contribution in [2.75, 3.05) is 0 Å². The third kappa shape index (κ3) is 3.90. The fourth-order valence-corrected chi connectivity index (χ4v) is 2.97. The van der Waals surface area contributed by atoms with Crippen LogP contribution >= 0.6 is 0 Å². The van der Waals surface area contributed by atoms with Gasteiger partial charge in [0.05, 0.1) is 0 Å². The Morgan fingerprint density at radius 2 is 1.94 bits per heavy atom. The van der Waals surface area contributed by atoms with Gasteiger partial charge in [-0.05, 0) is 50.0 Å². The largest absolute Gasteiger partial charge is 0.446 e. The molecule has 1 saturated carbocycles. The molecule has 100 valence electrons. The van der Waals surface area contributed by atoms with Crippen LogP contribution in [0.25, 0.3) is 0 Å². The molecule has 18 heavy (non-hydrogen) atoms. The highest BCUT2D eigenvalue weighted by Gasteiger charge is 2.26. The smallest absolute Gasteiger partial charge is 0.411 e. The van der Waals surface area contributed by atoms with Crippen LogP contribution in [-0.4, -0.2) is 12.2 Å². The van der Waals surface area contributed by atoms with Gasteiger partial charge >= 0.3 is 6.09 Å². The molecule has 2 aliphatic rings. The van der Waals surface area contributed by atoms with E-state index in [0.717, 1.165) is 31.4 Å². The molecule has 3 heteroatoms. The number of ether oxygens (including phenoxy) is 1. The second kappa shape index (κ2) is 6.07. The number of carbonyl (C=O) groups is 1. The van der Waals surface area contributed by atoms with E-state index < -0.39 is 0 Å². The van der Waals surface area contributed by atoms with Crippen LogP contribution in [0.2, 0.25) is 0 Å². The average molecular weight is 249 g/mol. The lowest BCUT2D eigenvalue weighted by Gasteiger charge is -2.31. The van der Waals surface area contributed by atoms with E-state index in [1.54, 1.807) is 0 Å². The minimum absolute atomic E-state index is 0.0805. The van der Waals surface area contributed by atoms with Crippen molar-refractivity contribution >= 4 is 6.09 Å². The van der Waals surface area contributed by atoms with Crippen LogP contribution in [0, 0.1) is 11.8 Å². The van der Waals surface area contributed by atoms with Crippen molar-refractivity contribution in [2.45, 2.75) is 52.1 Å². The van der Waals surface area contributed by atoms with Crippen LogP contribution in [0.5, 0.6) is 0 Å². The highest BCUT2D eigenvalue weighted by atomic mass is 16.6. The molecule has 0 saturated heterocycles. The van der Waals surface area contributed by atoms with Gasteiger partial charge in [0, 0.05) is 5.70 Å². The molecular formula is C15H23NO2. The van der Waals surface area contributed by atoms with Gasteiger partial charge in [-0.2, -0.15) is 0 Å². The molecule has 1 N–H and O–H groups in total. The number of nitrogens with one attached hydrogen (secondary N) is 1. The highest BCUT2D eigenvalue weighted by Crippen LogP contribution is 2.30. The summed E-state index contributed by atoms with van der Waals surface area (Å²) in [6.45, 7) is 4.46. The summed E-state index contributed by atoms with van der Waals surface area (Å²) in [7, 11) is 0. The van der Waals surface area contributed by atoms with Gasteiger partial charge in [0.1, 0.15) is 6.10 Å². The first-order valence-electron chi connectivity index (χ1n) is 6.98. The number of carbonyl (C=O) groups excluding carboxylic acids is 1. The second-order valence-corrected chi connectivity index (χ2v) is 5.71. The molecule has 0 bridgehead atoms. The zero-order valence-electron chi connectivity index (χ0n) is 11.3. The lowest BCUT2D eigenvalue weighted by atomic mass is 9.82. The molecule has 1 amide bonds. The summed E-state index contributed by atoms with van der Waals surface area (Å²) >= 11 is 0. The van der Waals surface area contributed by atoms with E-state index in [1.165, 1.54) is 6.42 Å². The van der Waals surface area contributed by atoms with E-state index in [2.05, 4.69) is 25.2 Å². The van der Waals surface area contributed by atoms with E-state index in [0.29, 0.717) is 11.8 Å². The first-order valence-corrected chi connectivity index (χ1v) is 6.98. The van der Waals surface area contributed by atoms with Crippen molar-refractivity contribution in [1.29, 1.82) is 0 Å². The van der Waals surface area contributed by atoms with Gasteiger partial charge in [0.25, 0.3) is 0 Å². The molecule has 2 atom stereocenters. The summed E-state index contributed by atoms with van der Waals surface area (Å²) < 4.78 is 5.51. The zero-order valence-corrected chi connectivity index (χ0v) is 11.3. The maximum Gasteiger partial charge on any atom is 0.411 e. The van der Waals surface area contributed by atoms with Gasteiger partial charge < -0.3 is 4.74 Å². The predicted octanol–water partition coefficient (Wildman–Crippen LogP) is 3.77. The monoisotopic (exact) mass is 249 g/mol. The third-order valence-corrected chi connectivity index (χ3v) is 3.65. The Kier molecular flexibility index (Phi) is 4.45. The van der Waals surface area contributed by atoms with Crippen LogP contribution in [-0.2, 0) is 4.74 Å². The van der Waals surface area contributed by atoms with Gasteiger partial charge in [0.15, 0.2) is 0 Å². The van der Waals surface area contributed by atoms with Gasteiger partial charge in [0.2, 0.25) is 0 Å². The molecule has 0 spiro atoms. The number of alkyl carbamates (subject to hydrolysis) is 1. The van der Waals surface area contributed by atoms with Crippen molar-refractivity contribution in [3.8, 4) is 0 Å². The van der Waals surface area contributed by atoms with Crippen LogP contribution in [0.15, 0.2) is 23.9 Å². The normalized spacial score (nSPS) is 31.7. The van der Waals surface area contributed by atoms with Crippen molar-refractivity contribution in [3.63, 3.8) is 0 Å². The fourth-order valence-electron chi connectivity index (χ4n) is 2.97. The summed E-state index contributed by atoms with van der Waals surface area (Å²) in [5, 5.41) is 2.81. The SMILES string of the molecule is CC1CC(C)CC(OC(=O)NC2=CCCC=C2)C1. The first-order chi connectivity index (χ1) is 8.63. The summed E-state index contributed by atoms with van der Waals surface area (Å²) in [6.07, 6.45) is 11.1. The molecule has 1 fully saturated rings. The number of hydrogen-bond acceptors (Lipinski definition) is 2. The number of amides is 1. The first kappa shape index (κ1) is 13.2. The standard InChI is InChI=1S/C15H23NO2/c1-11-8-12(2)10-14(9-11)18-15(17)16-13-6-4-3-5-7-13/h4,6-7,11-12,14H,3,5,8-10H2,1-2H3,(H,16,17).